The van der Waals surface area contributed by atoms with Crippen molar-refractivity contribution in [3.05, 3.63) is 29.8 Å². The lowest BCUT2D eigenvalue weighted by molar-refractivity contribution is -0.134. The lowest BCUT2D eigenvalue weighted by atomic mass is 9.96. The number of rotatable bonds is 6. The summed E-state index contributed by atoms with van der Waals surface area (Å²) in [7, 11) is 3.69. The minimum atomic E-state index is 0.168. The molecule has 1 saturated heterocycles. The number of carbonyl (C=O) groups is 1. The third-order valence-electron chi connectivity index (χ3n) is 4.27. The number of carbonyl (C=O) groups excluding carboxylic acids is 1. The van der Waals surface area contributed by atoms with Gasteiger partial charge in [-0.05, 0) is 44.4 Å². The Balaban J connectivity index is 1.71. The van der Waals surface area contributed by atoms with E-state index in [1.165, 1.54) is 5.56 Å². The van der Waals surface area contributed by atoms with Crippen LogP contribution >= 0.6 is 0 Å². The third kappa shape index (κ3) is 4.73. The van der Waals surface area contributed by atoms with Crippen molar-refractivity contribution >= 4 is 5.91 Å². The summed E-state index contributed by atoms with van der Waals surface area (Å²) in [5, 5.41) is 0. The van der Waals surface area contributed by atoms with Gasteiger partial charge < -0.3 is 14.5 Å². The van der Waals surface area contributed by atoms with Crippen LogP contribution in [0.4, 0.5) is 0 Å². The maximum Gasteiger partial charge on any atom is 0.226 e. The molecule has 1 atom stereocenters. The largest absolute Gasteiger partial charge is 0.493 e. The first-order valence-corrected chi connectivity index (χ1v) is 8.20. The van der Waals surface area contributed by atoms with Crippen LogP contribution in [0.2, 0.25) is 0 Å². The molecule has 0 aromatic heterocycles. The molecule has 1 aliphatic rings. The van der Waals surface area contributed by atoms with Gasteiger partial charge >= 0.3 is 0 Å². The summed E-state index contributed by atoms with van der Waals surface area (Å²) < 4.78 is 5.84. The van der Waals surface area contributed by atoms with Crippen molar-refractivity contribution in [2.24, 2.45) is 5.92 Å². The topological polar surface area (TPSA) is 32.8 Å². The first kappa shape index (κ1) is 16.8. The molecule has 1 aromatic rings. The molecule has 122 valence electrons. The first-order chi connectivity index (χ1) is 10.6. The lowest BCUT2D eigenvalue weighted by Gasteiger charge is -2.33. The Morgan fingerprint density at radius 2 is 2.14 bits per heavy atom. The van der Waals surface area contributed by atoms with Gasteiger partial charge in [0.25, 0.3) is 0 Å². The Morgan fingerprint density at radius 1 is 1.36 bits per heavy atom. The average Bonchev–Trinajstić information content (AvgIpc) is 2.52. The number of benzene rings is 1. The normalized spacial score (nSPS) is 19.0. The smallest absolute Gasteiger partial charge is 0.226 e. The molecule has 1 aliphatic heterocycles. The fraction of sp³-hybridized carbons (Fsp3) is 0.611. The number of piperidine rings is 1. The lowest BCUT2D eigenvalue weighted by Crippen LogP contribution is -2.43. The van der Waals surface area contributed by atoms with Crippen LogP contribution in [0.5, 0.6) is 5.75 Å². The van der Waals surface area contributed by atoms with E-state index in [9.17, 15) is 4.79 Å². The molecule has 1 fully saturated rings. The van der Waals surface area contributed by atoms with Crippen LogP contribution in [0, 0.1) is 12.8 Å². The molecule has 22 heavy (non-hydrogen) atoms. The summed E-state index contributed by atoms with van der Waals surface area (Å²) in [6, 6.07) is 8.11. The van der Waals surface area contributed by atoms with Crippen molar-refractivity contribution in [3.8, 4) is 5.75 Å². The Morgan fingerprint density at radius 3 is 2.86 bits per heavy atom. The summed E-state index contributed by atoms with van der Waals surface area (Å²) in [4.78, 5) is 16.2. The molecule has 4 nitrogen and oxygen atoms in total. The van der Waals surface area contributed by atoms with Crippen LogP contribution in [0.15, 0.2) is 24.3 Å². The van der Waals surface area contributed by atoms with Crippen LogP contribution in [-0.2, 0) is 4.79 Å². The molecule has 0 saturated carbocycles. The second kappa shape index (κ2) is 8.18. The van der Waals surface area contributed by atoms with Crippen LogP contribution < -0.4 is 4.74 Å². The zero-order valence-corrected chi connectivity index (χ0v) is 14.0. The predicted molar refractivity (Wildman–Crippen MR) is 89.1 cm³/mol. The minimum Gasteiger partial charge on any atom is -0.493 e. The molecule has 0 aliphatic carbocycles. The molecule has 0 radical (unpaired) electrons. The van der Waals surface area contributed by atoms with Crippen molar-refractivity contribution in [2.75, 3.05) is 40.3 Å². The highest BCUT2D eigenvalue weighted by Gasteiger charge is 2.26. The summed E-state index contributed by atoms with van der Waals surface area (Å²) in [5.41, 5.74) is 1.18. The van der Waals surface area contributed by atoms with Crippen LogP contribution in [-0.4, -0.2) is 56.0 Å². The standard InChI is InChI=1S/C18H28N2O2/c1-15-8-4-5-10-17(15)22-13-7-12-20-11-6-9-16(14-20)18(21)19(2)3/h4-5,8,10,16H,6-7,9,11-14H2,1-3H3. The van der Waals surface area contributed by atoms with Gasteiger partial charge in [-0.15, -0.1) is 0 Å². The molecule has 1 amide bonds. The van der Waals surface area contributed by atoms with Crippen molar-refractivity contribution in [1.29, 1.82) is 0 Å². The zero-order valence-electron chi connectivity index (χ0n) is 14.0. The van der Waals surface area contributed by atoms with E-state index in [1.807, 2.05) is 32.3 Å². The molecule has 2 rings (SSSR count). The maximum absolute atomic E-state index is 12.1. The number of amides is 1. The Hall–Kier alpha value is -1.55. The van der Waals surface area contributed by atoms with Gasteiger partial charge in [-0.25, -0.2) is 0 Å². The van der Waals surface area contributed by atoms with Gasteiger partial charge in [0.1, 0.15) is 5.75 Å². The molecule has 0 bridgehead atoms. The molecule has 4 heteroatoms. The SMILES string of the molecule is Cc1ccccc1OCCCN1CCCC(C(=O)N(C)C)C1. The van der Waals surface area contributed by atoms with E-state index in [1.54, 1.807) is 4.90 Å². The summed E-state index contributed by atoms with van der Waals surface area (Å²) >= 11 is 0. The van der Waals surface area contributed by atoms with Gasteiger partial charge in [0.05, 0.1) is 12.5 Å². The minimum absolute atomic E-state index is 0.168. The molecule has 0 spiro atoms. The number of aryl methyl sites for hydroxylation is 1. The third-order valence-corrected chi connectivity index (χ3v) is 4.27. The second-order valence-electron chi connectivity index (χ2n) is 6.34. The number of para-hydroxylation sites is 1. The Kier molecular flexibility index (Phi) is 6.25. The van der Waals surface area contributed by atoms with Crippen LogP contribution in [0.25, 0.3) is 0 Å². The van der Waals surface area contributed by atoms with Crippen molar-refractivity contribution in [2.45, 2.75) is 26.2 Å². The number of likely N-dealkylation sites (tertiary alicyclic amines) is 1. The summed E-state index contributed by atoms with van der Waals surface area (Å²) in [5.74, 6) is 1.41. The predicted octanol–water partition coefficient (Wildman–Crippen LogP) is 2.56. The molecular weight excluding hydrogens is 276 g/mol. The summed E-state index contributed by atoms with van der Waals surface area (Å²) in [6.45, 7) is 5.79. The Bertz CT molecular complexity index is 488. The number of hydrogen-bond acceptors (Lipinski definition) is 3. The van der Waals surface area contributed by atoms with Crippen molar-refractivity contribution in [3.63, 3.8) is 0 Å². The molecule has 1 unspecified atom stereocenters. The van der Waals surface area contributed by atoms with Gasteiger partial charge in [-0.1, -0.05) is 18.2 Å². The van der Waals surface area contributed by atoms with E-state index in [4.69, 9.17) is 4.74 Å². The zero-order chi connectivity index (χ0) is 15.9. The van der Waals surface area contributed by atoms with Gasteiger partial charge in [0.2, 0.25) is 5.91 Å². The van der Waals surface area contributed by atoms with E-state index >= 15 is 0 Å². The highest BCUT2D eigenvalue weighted by Crippen LogP contribution is 2.19. The van der Waals surface area contributed by atoms with Crippen LogP contribution in [0.1, 0.15) is 24.8 Å². The molecular formula is C18H28N2O2. The fourth-order valence-corrected chi connectivity index (χ4v) is 3.01. The molecule has 1 aromatic carbocycles. The summed E-state index contributed by atoms with van der Waals surface area (Å²) in [6.07, 6.45) is 3.13. The fourth-order valence-electron chi connectivity index (χ4n) is 3.01. The first-order valence-electron chi connectivity index (χ1n) is 8.20. The number of ether oxygens (including phenoxy) is 1. The molecule has 0 N–H and O–H groups in total. The van der Waals surface area contributed by atoms with E-state index < -0.39 is 0 Å². The van der Waals surface area contributed by atoms with E-state index in [-0.39, 0.29) is 11.8 Å². The average molecular weight is 304 g/mol. The second-order valence-corrected chi connectivity index (χ2v) is 6.34. The number of hydrogen-bond donors (Lipinski definition) is 0. The quantitative estimate of drug-likeness (QED) is 0.757. The number of nitrogens with zero attached hydrogens (tertiary/aromatic N) is 2. The van der Waals surface area contributed by atoms with E-state index in [0.717, 1.165) is 51.3 Å². The van der Waals surface area contributed by atoms with Crippen molar-refractivity contribution < 1.29 is 9.53 Å². The highest BCUT2D eigenvalue weighted by atomic mass is 16.5. The van der Waals surface area contributed by atoms with E-state index in [2.05, 4.69) is 17.9 Å². The molecule has 1 heterocycles. The van der Waals surface area contributed by atoms with Crippen LogP contribution in [0.3, 0.4) is 0 Å². The maximum atomic E-state index is 12.1. The van der Waals surface area contributed by atoms with E-state index in [0.29, 0.717) is 0 Å². The monoisotopic (exact) mass is 304 g/mol. The van der Waals surface area contributed by atoms with Gasteiger partial charge in [0, 0.05) is 27.2 Å². The van der Waals surface area contributed by atoms with Gasteiger partial charge in [0.15, 0.2) is 0 Å². The van der Waals surface area contributed by atoms with Crippen molar-refractivity contribution in [1.82, 2.24) is 9.80 Å². The van der Waals surface area contributed by atoms with Gasteiger partial charge in [-0.3, -0.25) is 4.79 Å². The highest BCUT2D eigenvalue weighted by molar-refractivity contribution is 5.78. The van der Waals surface area contributed by atoms with Gasteiger partial charge in [-0.2, -0.15) is 0 Å². The Labute approximate surface area is 134 Å².